The number of ether oxygens (including phenoxy) is 3. The number of aliphatic carboxylic acids is 1. The average molecular weight is 637 g/mol. The number of aliphatic hydroxyl groups excluding tert-OH is 1. The minimum Gasteiger partial charge on any atom is -0.491 e. The molecule has 0 bridgehead atoms. The van der Waals surface area contributed by atoms with Crippen molar-refractivity contribution in [1.29, 1.82) is 0 Å². The van der Waals surface area contributed by atoms with Gasteiger partial charge in [-0.05, 0) is 91.3 Å². The van der Waals surface area contributed by atoms with Crippen molar-refractivity contribution in [3.05, 3.63) is 156 Å². The Morgan fingerprint density at radius 2 is 1.08 bits per heavy atom. The molecule has 1 aliphatic rings. The van der Waals surface area contributed by atoms with Crippen molar-refractivity contribution in [1.82, 2.24) is 0 Å². The van der Waals surface area contributed by atoms with E-state index in [2.05, 4.69) is 91.0 Å². The first-order valence-corrected chi connectivity index (χ1v) is 15.7. The highest BCUT2D eigenvalue weighted by molar-refractivity contribution is 5.92. The summed E-state index contributed by atoms with van der Waals surface area (Å²) in [5.41, 5.74) is 6.59. The van der Waals surface area contributed by atoms with E-state index >= 15 is 0 Å². The van der Waals surface area contributed by atoms with Gasteiger partial charge in [0.15, 0.2) is 0 Å². The number of carboxylic acid groups (broad SMARTS) is 1. The fourth-order valence-corrected chi connectivity index (χ4v) is 6.77. The van der Waals surface area contributed by atoms with E-state index in [-0.39, 0.29) is 26.4 Å². The Hall–Kier alpha value is -5.92. The van der Waals surface area contributed by atoms with Gasteiger partial charge in [-0.15, -0.1) is 0 Å². The van der Waals surface area contributed by atoms with Crippen molar-refractivity contribution < 1.29 is 34.0 Å². The molecule has 0 fully saturated rings. The molecule has 0 atom stereocenters. The molecule has 238 valence electrons. The second kappa shape index (κ2) is 13.1. The summed E-state index contributed by atoms with van der Waals surface area (Å²) in [5, 5.41) is 22.1. The van der Waals surface area contributed by atoms with Gasteiger partial charge >= 0.3 is 11.9 Å². The van der Waals surface area contributed by atoms with Crippen LogP contribution in [0.2, 0.25) is 0 Å². The summed E-state index contributed by atoms with van der Waals surface area (Å²) in [7, 11) is 0. The van der Waals surface area contributed by atoms with E-state index in [1.54, 1.807) is 0 Å². The standard InChI is InChI=1S/C41H32O7/c42-19-20-46-33-15-11-27-23-31(13-9-29(27)25-33)41(37-7-3-1-5-35(37)36-6-2-4-8-38(36)41)32-14-10-30-26-34(16-12-28(30)24-32)47-21-22-48-40(45)18-17-39(43)44/h1-18,23-26,42H,19-22H2,(H,43,44)/b18-17+. The number of rotatable bonds is 11. The third-order valence-corrected chi connectivity index (χ3v) is 8.76. The second-order valence-electron chi connectivity index (χ2n) is 11.5. The molecule has 6 aromatic rings. The highest BCUT2D eigenvalue weighted by Crippen LogP contribution is 2.56. The first-order valence-electron chi connectivity index (χ1n) is 15.7. The number of esters is 1. The van der Waals surface area contributed by atoms with Crippen LogP contribution >= 0.6 is 0 Å². The van der Waals surface area contributed by atoms with Gasteiger partial charge in [0.05, 0.1) is 12.0 Å². The first kappa shape index (κ1) is 30.7. The van der Waals surface area contributed by atoms with Gasteiger partial charge in [0, 0.05) is 12.2 Å². The Balaban J connectivity index is 1.27. The predicted molar refractivity (Wildman–Crippen MR) is 185 cm³/mol. The van der Waals surface area contributed by atoms with Gasteiger partial charge in [-0.25, -0.2) is 9.59 Å². The third-order valence-electron chi connectivity index (χ3n) is 8.76. The van der Waals surface area contributed by atoms with Gasteiger partial charge in [-0.1, -0.05) is 84.9 Å². The van der Waals surface area contributed by atoms with E-state index in [0.717, 1.165) is 50.6 Å². The zero-order chi connectivity index (χ0) is 33.1. The molecule has 0 spiro atoms. The van der Waals surface area contributed by atoms with Crippen LogP contribution in [0.4, 0.5) is 0 Å². The van der Waals surface area contributed by atoms with Crippen molar-refractivity contribution in [2.24, 2.45) is 0 Å². The lowest BCUT2D eigenvalue weighted by Gasteiger charge is -2.34. The minimum absolute atomic E-state index is 0.0101. The normalized spacial score (nSPS) is 12.9. The van der Waals surface area contributed by atoms with Crippen LogP contribution < -0.4 is 9.47 Å². The fraction of sp³-hybridized carbons (Fsp3) is 0.122. The summed E-state index contributed by atoms with van der Waals surface area (Å²) < 4.78 is 16.5. The van der Waals surface area contributed by atoms with Gasteiger partial charge in [0.2, 0.25) is 0 Å². The number of fused-ring (bicyclic) bond motifs is 5. The number of hydrogen-bond donors (Lipinski definition) is 2. The molecular weight excluding hydrogens is 604 g/mol. The van der Waals surface area contributed by atoms with E-state index in [1.807, 2.05) is 30.3 Å². The molecule has 0 heterocycles. The molecule has 48 heavy (non-hydrogen) atoms. The van der Waals surface area contributed by atoms with Crippen molar-refractivity contribution in [3.63, 3.8) is 0 Å². The number of carboxylic acids is 1. The highest BCUT2D eigenvalue weighted by Gasteiger charge is 2.46. The smallest absolute Gasteiger partial charge is 0.331 e. The Kier molecular flexibility index (Phi) is 8.36. The maximum Gasteiger partial charge on any atom is 0.331 e. The minimum atomic E-state index is -1.22. The van der Waals surface area contributed by atoms with Crippen LogP contribution in [-0.2, 0) is 19.7 Å². The molecule has 0 saturated heterocycles. The lowest BCUT2D eigenvalue weighted by atomic mass is 9.67. The molecule has 0 aliphatic heterocycles. The van der Waals surface area contributed by atoms with Crippen molar-refractivity contribution in [2.75, 3.05) is 26.4 Å². The first-order chi connectivity index (χ1) is 23.5. The quantitative estimate of drug-likeness (QED) is 0.0874. The molecule has 7 rings (SSSR count). The molecule has 6 aromatic carbocycles. The van der Waals surface area contributed by atoms with Crippen molar-refractivity contribution >= 4 is 33.5 Å². The molecule has 7 nitrogen and oxygen atoms in total. The summed E-state index contributed by atoms with van der Waals surface area (Å²) >= 11 is 0. The number of carbonyl (C=O) groups excluding carboxylic acids is 1. The zero-order valence-corrected chi connectivity index (χ0v) is 26.0. The van der Waals surface area contributed by atoms with Gasteiger partial charge in [-0.3, -0.25) is 0 Å². The molecule has 2 N–H and O–H groups in total. The zero-order valence-electron chi connectivity index (χ0n) is 26.0. The van der Waals surface area contributed by atoms with Crippen LogP contribution in [0.15, 0.2) is 133 Å². The molecule has 0 aromatic heterocycles. The van der Waals surface area contributed by atoms with Gasteiger partial charge in [0.25, 0.3) is 0 Å². The molecule has 0 unspecified atom stereocenters. The summed E-state index contributed by atoms with van der Waals surface area (Å²) in [4.78, 5) is 22.2. The van der Waals surface area contributed by atoms with E-state index < -0.39 is 17.4 Å². The monoisotopic (exact) mass is 636 g/mol. The number of benzene rings is 6. The highest BCUT2D eigenvalue weighted by atomic mass is 16.6. The van der Waals surface area contributed by atoms with Crippen LogP contribution in [0, 0.1) is 0 Å². The Labute approximate surface area is 277 Å². The van der Waals surface area contributed by atoms with Crippen LogP contribution in [-0.4, -0.2) is 48.6 Å². The molecule has 1 aliphatic carbocycles. The van der Waals surface area contributed by atoms with Gasteiger partial charge in [-0.2, -0.15) is 0 Å². The number of hydrogen-bond acceptors (Lipinski definition) is 6. The van der Waals surface area contributed by atoms with Crippen molar-refractivity contribution in [3.8, 4) is 22.6 Å². The van der Waals surface area contributed by atoms with E-state index in [9.17, 15) is 14.7 Å². The van der Waals surface area contributed by atoms with E-state index in [0.29, 0.717) is 5.75 Å². The van der Waals surface area contributed by atoms with Crippen LogP contribution in [0.25, 0.3) is 32.7 Å². The van der Waals surface area contributed by atoms with Crippen LogP contribution in [0.3, 0.4) is 0 Å². The van der Waals surface area contributed by atoms with Crippen LogP contribution in [0.1, 0.15) is 22.3 Å². The predicted octanol–water partition coefficient (Wildman–Crippen LogP) is 7.29. The molecular formula is C41H32O7. The summed E-state index contributed by atoms with van der Waals surface area (Å²) in [6.45, 7) is 0.332. The fourth-order valence-electron chi connectivity index (χ4n) is 6.77. The summed E-state index contributed by atoms with van der Waals surface area (Å²) in [5.74, 6) is -0.593. The molecule has 0 saturated carbocycles. The third kappa shape index (κ3) is 5.65. The average Bonchev–Trinajstić information content (AvgIpc) is 3.42. The van der Waals surface area contributed by atoms with E-state index in [1.165, 1.54) is 22.3 Å². The van der Waals surface area contributed by atoms with Gasteiger partial charge in [0.1, 0.15) is 31.3 Å². The maximum atomic E-state index is 11.6. The largest absolute Gasteiger partial charge is 0.491 e. The lowest BCUT2D eigenvalue weighted by Crippen LogP contribution is -2.28. The lowest BCUT2D eigenvalue weighted by molar-refractivity contribution is -0.139. The molecule has 0 radical (unpaired) electrons. The second-order valence-corrected chi connectivity index (χ2v) is 11.5. The van der Waals surface area contributed by atoms with Crippen molar-refractivity contribution in [2.45, 2.75) is 5.41 Å². The number of aliphatic hydroxyl groups is 1. The maximum absolute atomic E-state index is 11.6. The SMILES string of the molecule is O=C(O)/C=C/C(=O)OCCOc1ccc2cc(C3(c4ccc5cc(OCCO)ccc5c4)c4ccccc4-c4ccccc43)ccc2c1. The molecule has 7 heteroatoms. The van der Waals surface area contributed by atoms with Crippen LogP contribution in [0.5, 0.6) is 11.5 Å². The van der Waals surface area contributed by atoms with Gasteiger partial charge < -0.3 is 24.4 Å². The van der Waals surface area contributed by atoms with E-state index in [4.69, 9.17) is 19.3 Å². The molecule has 0 amide bonds. The number of carbonyl (C=O) groups is 2. The summed E-state index contributed by atoms with van der Waals surface area (Å²) in [6.07, 6.45) is 1.60. The Morgan fingerprint density at radius 1 is 0.583 bits per heavy atom. The Morgan fingerprint density at radius 3 is 1.62 bits per heavy atom. The Bertz CT molecular complexity index is 2150. The topological polar surface area (TPSA) is 102 Å². The summed E-state index contributed by atoms with van der Waals surface area (Å²) in [6, 6.07) is 42.4.